The number of nitrogen functional groups attached to an aromatic ring is 1. The van der Waals surface area contributed by atoms with Crippen LogP contribution in [0.5, 0.6) is 0 Å². The van der Waals surface area contributed by atoms with E-state index >= 15 is 0 Å². The molecule has 4 aromatic rings. The number of aromatic nitrogens is 6. The SMILES string of the molecule is Nc1nc(N2CCN(c3ncnc(Nc4cnc5c(c4)CNCC5)n3)CC2)ncc1Cc1ccccc1. The molecule has 1 aromatic carbocycles. The Morgan fingerprint density at radius 3 is 2.46 bits per heavy atom. The highest BCUT2D eigenvalue weighted by Crippen LogP contribution is 2.21. The Morgan fingerprint density at radius 2 is 1.68 bits per heavy atom. The molecule has 0 radical (unpaired) electrons. The lowest BCUT2D eigenvalue weighted by Gasteiger charge is -2.34. The molecule has 0 amide bonds. The van der Waals surface area contributed by atoms with E-state index in [1.807, 2.05) is 30.6 Å². The number of rotatable bonds is 6. The van der Waals surface area contributed by atoms with E-state index in [2.05, 4.69) is 68.5 Å². The van der Waals surface area contributed by atoms with Crippen LogP contribution < -0.4 is 26.2 Å². The lowest BCUT2D eigenvalue weighted by atomic mass is 10.1. The van der Waals surface area contributed by atoms with Gasteiger partial charge in [0, 0.05) is 69.6 Å². The van der Waals surface area contributed by atoms with Crippen LogP contribution in [0.15, 0.2) is 55.1 Å². The van der Waals surface area contributed by atoms with Crippen molar-refractivity contribution in [1.82, 2.24) is 35.2 Å². The van der Waals surface area contributed by atoms with Crippen molar-refractivity contribution in [3.05, 3.63) is 77.5 Å². The molecule has 3 aromatic heterocycles. The van der Waals surface area contributed by atoms with Crippen molar-refractivity contribution < 1.29 is 0 Å². The second-order valence-electron chi connectivity index (χ2n) is 9.21. The number of fused-ring (bicyclic) bond motifs is 1. The minimum absolute atomic E-state index is 0.503. The zero-order valence-corrected chi connectivity index (χ0v) is 20.5. The average molecular weight is 496 g/mol. The number of hydrogen-bond acceptors (Lipinski definition) is 11. The van der Waals surface area contributed by atoms with Crippen LogP contribution in [0.25, 0.3) is 0 Å². The quantitative estimate of drug-likeness (QED) is 0.362. The summed E-state index contributed by atoms with van der Waals surface area (Å²) in [6, 6.07) is 12.3. The maximum absolute atomic E-state index is 6.28. The van der Waals surface area contributed by atoms with Crippen molar-refractivity contribution >= 4 is 29.4 Å². The molecular formula is C26H29N11. The molecule has 0 aliphatic carbocycles. The normalized spacial score (nSPS) is 15.4. The Balaban J connectivity index is 1.08. The highest BCUT2D eigenvalue weighted by Gasteiger charge is 2.22. The van der Waals surface area contributed by atoms with E-state index in [1.54, 1.807) is 6.33 Å². The maximum atomic E-state index is 6.28. The molecule has 1 saturated heterocycles. The third kappa shape index (κ3) is 5.26. The van der Waals surface area contributed by atoms with Crippen LogP contribution in [-0.2, 0) is 19.4 Å². The monoisotopic (exact) mass is 495 g/mol. The molecule has 0 bridgehead atoms. The van der Waals surface area contributed by atoms with Gasteiger partial charge < -0.3 is 26.2 Å². The molecular weight excluding hydrogens is 466 g/mol. The van der Waals surface area contributed by atoms with E-state index in [4.69, 9.17) is 5.73 Å². The summed E-state index contributed by atoms with van der Waals surface area (Å²) in [6.45, 7) is 4.77. The number of benzene rings is 1. The largest absolute Gasteiger partial charge is 0.383 e. The summed E-state index contributed by atoms with van der Waals surface area (Å²) in [5.74, 6) is 2.32. The van der Waals surface area contributed by atoms with Crippen molar-refractivity contribution in [2.45, 2.75) is 19.4 Å². The Bertz CT molecular complexity index is 1370. The van der Waals surface area contributed by atoms with Gasteiger partial charge in [-0.25, -0.2) is 15.0 Å². The lowest BCUT2D eigenvalue weighted by Crippen LogP contribution is -2.47. The van der Waals surface area contributed by atoms with E-state index < -0.39 is 0 Å². The van der Waals surface area contributed by atoms with Crippen molar-refractivity contribution in [2.75, 3.05) is 53.6 Å². The van der Waals surface area contributed by atoms with Gasteiger partial charge in [-0.05, 0) is 17.2 Å². The molecule has 4 N–H and O–H groups in total. The van der Waals surface area contributed by atoms with Crippen LogP contribution in [0.1, 0.15) is 22.4 Å². The lowest BCUT2D eigenvalue weighted by molar-refractivity contribution is 0.627. The summed E-state index contributed by atoms with van der Waals surface area (Å²) in [7, 11) is 0. The first-order valence-corrected chi connectivity index (χ1v) is 12.5. The first kappa shape index (κ1) is 23.0. The molecule has 0 unspecified atom stereocenters. The molecule has 0 atom stereocenters. The first-order valence-electron chi connectivity index (χ1n) is 12.5. The highest BCUT2D eigenvalue weighted by molar-refractivity contribution is 5.55. The molecule has 0 spiro atoms. The second kappa shape index (κ2) is 10.3. The molecule has 37 heavy (non-hydrogen) atoms. The topological polar surface area (TPSA) is 134 Å². The number of hydrogen-bond donors (Lipinski definition) is 3. The standard InChI is InChI=1S/C26H29N11/c27-23-20(12-18-4-2-1-3-5-18)15-30-25(34-23)36-8-10-37(11-9-36)26-32-17-31-24(35-26)33-21-13-19-14-28-7-6-22(19)29-16-21/h1-5,13,15-17,28H,6-12,14H2,(H2,27,30,34)(H,31,32,33,35). The van der Waals surface area contributed by atoms with Crippen LogP contribution in [0.4, 0.5) is 29.4 Å². The predicted octanol–water partition coefficient (Wildman–Crippen LogP) is 1.95. The number of nitrogens with one attached hydrogen (secondary N) is 2. The van der Waals surface area contributed by atoms with Gasteiger partial charge in [-0.3, -0.25) is 4.98 Å². The summed E-state index contributed by atoms with van der Waals surface area (Å²) in [6.07, 6.45) is 6.89. The molecule has 188 valence electrons. The molecule has 6 rings (SSSR count). The van der Waals surface area contributed by atoms with E-state index in [9.17, 15) is 0 Å². The number of pyridine rings is 1. The summed E-state index contributed by atoms with van der Waals surface area (Å²) in [5.41, 5.74) is 11.6. The average Bonchev–Trinajstić information content (AvgIpc) is 2.95. The fraction of sp³-hybridized carbons (Fsp3) is 0.308. The van der Waals surface area contributed by atoms with Gasteiger partial charge in [0.05, 0.1) is 11.9 Å². The number of anilines is 5. The van der Waals surface area contributed by atoms with E-state index in [1.165, 1.54) is 11.1 Å². The van der Waals surface area contributed by atoms with Crippen LogP contribution in [-0.4, -0.2) is 62.6 Å². The van der Waals surface area contributed by atoms with Crippen LogP contribution >= 0.6 is 0 Å². The molecule has 11 nitrogen and oxygen atoms in total. The fourth-order valence-corrected chi connectivity index (χ4v) is 4.67. The third-order valence-electron chi connectivity index (χ3n) is 6.70. The van der Waals surface area contributed by atoms with Gasteiger partial charge >= 0.3 is 0 Å². The van der Waals surface area contributed by atoms with Gasteiger partial charge in [0.1, 0.15) is 12.1 Å². The molecule has 5 heterocycles. The number of piperazine rings is 1. The zero-order chi connectivity index (χ0) is 25.0. The smallest absolute Gasteiger partial charge is 0.232 e. The van der Waals surface area contributed by atoms with Crippen LogP contribution in [0, 0.1) is 0 Å². The Labute approximate surface area is 215 Å². The van der Waals surface area contributed by atoms with E-state index in [-0.39, 0.29) is 0 Å². The number of nitrogens with zero attached hydrogens (tertiary/aromatic N) is 8. The Hall–Kier alpha value is -4.38. The molecule has 0 saturated carbocycles. The molecule has 2 aliphatic rings. The molecule has 1 fully saturated rings. The van der Waals surface area contributed by atoms with Gasteiger partial charge in [-0.2, -0.15) is 9.97 Å². The molecule has 2 aliphatic heterocycles. The summed E-state index contributed by atoms with van der Waals surface area (Å²) < 4.78 is 0. The van der Waals surface area contributed by atoms with E-state index in [0.29, 0.717) is 23.7 Å². The summed E-state index contributed by atoms with van der Waals surface area (Å²) in [4.78, 5) is 31.4. The van der Waals surface area contributed by atoms with Gasteiger partial charge in [-0.15, -0.1) is 0 Å². The minimum Gasteiger partial charge on any atom is -0.383 e. The van der Waals surface area contributed by atoms with Crippen molar-refractivity contribution in [3.63, 3.8) is 0 Å². The minimum atomic E-state index is 0.503. The van der Waals surface area contributed by atoms with Crippen molar-refractivity contribution in [1.29, 1.82) is 0 Å². The van der Waals surface area contributed by atoms with E-state index in [0.717, 1.165) is 69.1 Å². The predicted molar refractivity (Wildman–Crippen MR) is 143 cm³/mol. The third-order valence-corrected chi connectivity index (χ3v) is 6.70. The fourth-order valence-electron chi connectivity index (χ4n) is 4.67. The highest BCUT2D eigenvalue weighted by atomic mass is 15.4. The second-order valence-corrected chi connectivity index (χ2v) is 9.21. The van der Waals surface area contributed by atoms with Gasteiger partial charge in [0.15, 0.2) is 0 Å². The zero-order valence-electron chi connectivity index (χ0n) is 20.5. The number of nitrogens with two attached hydrogens (primary N) is 1. The van der Waals surface area contributed by atoms with Gasteiger partial charge in [-0.1, -0.05) is 30.3 Å². The molecule has 11 heteroatoms. The Kier molecular flexibility index (Phi) is 6.42. The van der Waals surface area contributed by atoms with Crippen LogP contribution in [0.3, 0.4) is 0 Å². The van der Waals surface area contributed by atoms with Gasteiger partial charge in [0.25, 0.3) is 0 Å². The Morgan fingerprint density at radius 1 is 0.892 bits per heavy atom. The van der Waals surface area contributed by atoms with Crippen LogP contribution in [0.2, 0.25) is 0 Å². The van der Waals surface area contributed by atoms with Gasteiger partial charge in [0.2, 0.25) is 17.8 Å². The summed E-state index contributed by atoms with van der Waals surface area (Å²) >= 11 is 0. The van der Waals surface area contributed by atoms with Crippen molar-refractivity contribution in [3.8, 4) is 0 Å². The summed E-state index contributed by atoms with van der Waals surface area (Å²) in [5, 5.41) is 6.65. The van der Waals surface area contributed by atoms with Crippen molar-refractivity contribution in [2.24, 2.45) is 0 Å². The maximum Gasteiger partial charge on any atom is 0.232 e. The first-order chi connectivity index (χ1) is 18.2.